The Morgan fingerprint density at radius 2 is 1.94 bits per heavy atom. The zero-order valence-electron chi connectivity index (χ0n) is 9.51. The van der Waals surface area contributed by atoms with Crippen LogP contribution < -0.4 is 5.73 Å². The lowest BCUT2D eigenvalue weighted by Gasteiger charge is -2.37. The molecule has 2 nitrogen and oxygen atoms in total. The van der Waals surface area contributed by atoms with Gasteiger partial charge in [0, 0.05) is 6.04 Å². The number of hydrogen-bond acceptors (Lipinski definition) is 2. The molecule has 2 aliphatic carbocycles. The van der Waals surface area contributed by atoms with Crippen molar-refractivity contribution in [2.75, 3.05) is 0 Å². The van der Waals surface area contributed by atoms with Crippen molar-refractivity contribution in [3.8, 4) is 0 Å². The number of fused-ring (bicyclic) bond motifs is 1. The topological polar surface area (TPSA) is 35.2 Å². The molecular weight excluding hydrogens is 198 g/mol. The second kappa shape index (κ2) is 4.19. The van der Waals surface area contributed by atoms with Crippen molar-refractivity contribution in [2.24, 2.45) is 17.6 Å². The molecule has 16 heavy (non-hydrogen) atoms. The van der Waals surface area contributed by atoms with Crippen LogP contribution in [-0.4, -0.2) is 12.1 Å². The molecule has 1 aromatic carbocycles. The van der Waals surface area contributed by atoms with Gasteiger partial charge in [0.2, 0.25) is 0 Å². The highest BCUT2D eigenvalue weighted by Gasteiger charge is 2.46. The first-order valence-electron chi connectivity index (χ1n) is 6.24. The summed E-state index contributed by atoms with van der Waals surface area (Å²) in [5, 5.41) is 0. The first kappa shape index (κ1) is 10.3. The van der Waals surface area contributed by atoms with Crippen LogP contribution in [0.25, 0.3) is 0 Å². The summed E-state index contributed by atoms with van der Waals surface area (Å²) in [6, 6.07) is 10.9. The average Bonchev–Trinajstić information content (AvgIpc) is 2.65. The lowest BCUT2D eigenvalue weighted by molar-refractivity contribution is 0.0429. The molecule has 3 rings (SSSR count). The van der Waals surface area contributed by atoms with E-state index in [9.17, 15) is 0 Å². The molecule has 86 valence electrons. The zero-order chi connectivity index (χ0) is 11.0. The molecule has 0 bridgehead atoms. The Morgan fingerprint density at radius 3 is 2.62 bits per heavy atom. The molecular formula is C14H19NO. The van der Waals surface area contributed by atoms with Crippen LogP contribution in [0.1, 0.15) is 24.8 Å². The van der Waals surface area contributed by atoms with Gasteiger partial charge in [-0.2, -0.15) is 0 Å². The molecule has 0 heterocycles. The van der Waals surface area contributed by atoms with Gasteiger partial charge < -0.3 is 10.5 Å². The van der Waals surface area contributed by atoms with Crippen molar-refractivity contribution >= 4 is 0 Å². The Balaban J connectivity index is 1.50. The molecule has 2 N–H and O–H groups in total. The van der Waals surface area contributed by atoms with Gasteiger partial charge in [-0.05, 0) is 36.7 Å². The summed E-state index contributed by atoms with van der Waals surface area (Å²) in [5.74, 6) is 1.61. The van der Waals surface area contributed by atoms with Crippen molar-refractivity contribution in [1.82, 2.24) is 0 Å². The Kier molecular flexibility index (Phi) is 2.70. The Morgan fingerprint density at radius 1 is 1.12 bits per heavy atom. The summed E-state index contributed by atoms with van der Waals surface area (Å²) >= 11 is 0. The smallest absolute Gasteiger partial charge is 0.0720 e. The highest BCUT2D eigenvalue weighted by Crippen LogP contribution is 2.47. The lowest BCUT2D eigenvalue weighted by atomic mass is 9.72. The van der Waals surface area contributed by atoms with Gasteiger partial charge >= 0.3 is 0 Å². The molecule has 0 aromatic heterocycles. The van der Waals surface area contributed by atoms with E-state index in [4.69, 9.17) is 10.5 Å². The molecule has 2 heteroatoms. The van der Waals surface area contributed by atoms with Crippen LogP contribution in [0.4, 0.5) is 0 Å². The molecule has 2 saturated carbocycles. The van der Waals surface area contributed by atoms with Gasteiger partial charge in [0.1, 0.15) is 0 Å². The Hall–Kier alpha value is -0.860. The van der Waals surface area contributed by atoms with Gasteiger partial charge in [-0.15, -0.1) is 0 Å². The number of hydrogen-bond donors (Lipinski definition) is 1. The number of benzene rings is 1. The maximum Gasteiger partial charge on any atom is 0.0720 e. The van der Waals surface area contributed by atoms with Gasteiger partial charge in [0.05, 0.1) is 12.7 Å². The maximum absolute atomic E-state index is 5.98. The van der Waals surface area contributed by atoms with Crippen LogP contribution in [0.3, 0.4) is 0 Å². The second-order valence-corrected chi connectivity index (χ2v) is 5.21. The van der Waals surface area contributed by atoms with Crippen LogP contribution in [0.2, 0.25) is 0 Å². The van der Waals surface area contributed by atoms with E-state index in [0.29, 0.717) is 12.1 Å². The van der Waals surface area contributed by atoms with E-state index in [1.165, 1.54) is 24.8 Å². The predicted octanol–water partition coefficient (Wildman–Crippen LogP) is 2.33. The van der Waals surface area contributed by atoms with E-state index in [2.05, 4.69) is 24.3 Å². The van der Waals surface area contributed by atoms with Gasteiger partial charge in [0.15, 0.2) is 0 Å². The van der Waals surface area contributed by atoms with E-state index in [0.717, 1.165) is 18.4 Å². The Bertz CT molecular complexity index is 351. The van der Waals surface area contributed by atoms with Crippen LogP contribution in [0, 0.1) is 11.8 Å². The first-order valence-corrected chi connectivity index (χ1v) is 6.24. The van der Waals surface area contributed by atoms with Crippen molar-refractivity contribution in [3.63, 3.8) is 0 Å². The van der Waals surface area contributed by atoms with Crippen molar-refractivity contribution < 1.29 is 4.74 Å². The molecule has 0 unspecified atom stereocenters. The minimum atomic E-state index is 0.448. The predicted molar refractivity (Wildman–Crippen MR) is 63.8 cm³/mol. The second-order valence-electron chi connectivity index (χ2n) is 5.21. The van der Waals surface area contributed by atoms with Gasteiger partial charge in [-0.1, -0.05) is 30.3 Å². The largest absolute Gasteiger partial charge is 0.374 e. The summed E-state index contributed by atoms with van der Waals surface area (Å²) in [7, 11) is 0. The summed E-state index contributed by atoms with van der Waals surface area (Å²) < 4.78 is 5.96. The summed E-state index contributed by atoms with van der Waals surface area (Å²) in [6.45, 7) is 0.750. The standard InChI is InChI=1S/C14H19NO/c15-14-7-11-6-12(8-13(11)14)16-9-10-4-2-1-3-5-10/h1-5,11-14H,6-9,15H2/t11-,12+,13-,14-/m0/s1. The normalized spacial score (nSPS) is 36.8. The van der Waals surface area contributed by atoms with Crippen molar-refractivity contribution in [2.45, 2.75) is 38.0 Å². The van der Waals surface area contributed by atoms with E-state index >= 15 is 0 Å². The van der Waals surface area contributed by atoms with E-state index in [1.807, 2.05) is 6.07 Å². The molecule has 0 spiro atoms. The average molecular weight is 217 g/mol. The zero-order valence-corrected chi connectivity index (χ0v) is 9.51. The fourth-order valence-corrected chi connectivity index (χ4v) is 3.15. The lowest BCUT2D eigenvalue weighted by Crippen LogP contribution is -2.44. The van der Waals surface area contributed by atoms with E-state index in [-0.39, 0.29) is 0 Å². The summed E-state index contributed by atoms with van der Waals surface area (Å²) in [6.07, 6.45) is 4.07. The number of nitrogens with two attached hydrogens (primary N) is 1. The van der Waals surface area contributed by atoms with Gasteiger partial charge in [-0.25, -0.2) is 0 Å². The van der Waals surface area contributed by atoms with Crippen molar-refractivity contribution in [1.29, 1.82) is 0 Å². The minimum Gasteiger partial charge on any atom is -0.374 e. The van der Waals surface area contributed by atoms with Crippen LogP contribution in [0.15, 0.2) is 30.3 Å². The number of rotatable bonds is 3. The van der Waals surface area contributed by atoms with Crippen molar-refractivity contribution in [3.05, 3.63) is 35.9 Å². The third kappa shape index (κ3) is 1.87. The molecule has 2 aliphatic rings. The third-order valence-corrected chi connectivity index (χ3v) is 4.16. The van der Waals surface area contributed by atoms with Crippen LogP contribution >= 0.6 is 0 Å². The molecule has 0 amide bonds. The third-order valence-electron chi connectivity index (χ3n) is 4.16. The first-order chi connectivity index (χ1) is 7.83. The van der Waals surface area contributed by atoms with Gasteiger partial charge in [0.25, 0.3) is 0 Å². The summed E-state index contributed by atoms with van der Waals surface area (Å²) in [5.41, 5.74) is 7.25. The number of ether oxygens (including phenoxy) is 1. The van der Waals surface area contributed by atoms with Crippen LogP contribution in [-0.2, 0) is 11.3 Å². The van der Waals surface area contributed by atoms with Gasteiger partial charge in [-0.3, -0.25) is 0 Å². The fourth-order valence-electron chi connectivity index (χ4n) is 3.15. The highest BCUT2D eigenvalue weighted by atomic mass is 16.5. The summed E-state index contributed by atoms with van der Waals surface area (Å²) in [4.78, 5) is 0. The monoisotopic (exact) mass is 217 g/mol. The fraction of sp³-hybridized carbons (Fsp3) is 0.571. The maximum atomic E-state index is 5.98. The highest BCUT2D eigenvalue weighted by molar-refractivity contribution is 5.13. The SMILES string of the molecule is N[C@H]1C[C@@H]2C[C@@H](OCc3ccccc3)C[C@@H]21. The minimum absolute atomic E-state index is 0.448. The Labute approximate surface area is 96.8 Å². The van der Waals surface area contributed by atoms with E-state index < -0.39 is 0 Å². The molecule has 1 aromatic rings. The molecule has 0 radical (unpaired) electrons. The molecule has 2 fully saturated rings. The molecule has 4 atom stereocenters. The molecule has 0 saturated heterocycles. The molecule has 0 aliphatic heterocycles. The quantitative estimate of drug-likeness (QED) is 0.843. The van der Waals surface area contributed by atoms with E-state index in [1.54, 1.807) is 0 Å². The van der Waals surface area contributed by atoms with Crippen LogP contribution in [0.5, 0.6) is 0 Å².